The zero-order valence-corrected chi connectivity index (χ0v) is 41.4. The van der Waals surface area contributed by atoms with Crippen LogP contribution in [0.5, 0.6) is 0 Å². The fourth-order valence-electron chi connectivity index (χ4n) is 8.19. The molecule has 0 fully saturated rings. The Kier molecular flexibility index (Phi) is 50.1. The summed E-state index contributed by atoms with van der Waals surface area (Å²) < 4.78 is 5.43. The molecule has 364 valence electrons. The zero-order chi connectivity index (χ0) is 45.1. The molecule has 0 spiro atoms. The molecule has 62 heavy (non-hydrogen) atoms. The molecule has 6 heteroatoms. The van der Waals surface area contributed by atoms with E-state index < -0.39 is 12.1 Å². The van der Waals surface area contributed by atoms with Gasteiger partial charge in [-0.05, 0) is 83.5 Å². The van der Waals surface area contributed by atoms with Gasteiger partial charge >= 0.3 is 5.97 Å². The molecule has 2 atom stereocenters. The third kappa shape index (κ3) is 47.6. The van der Waals surface area contributed by atoms with E-state index in [1.807, 2.05) is 0 Å². The molecule has 6 nitrogen and oxygen atoms in total. The van der Waals surface area contributed by atoms with Crippen LogP contribution in [0.25, 0.3) is 0 Å². The lowest BCUT2D eigenvalue weighted by Gasteiger charge is -2.22. The van der Waals surface area contributed by atoms with Gasteiger partial charge in [-0.2, -0.15) is 0 Å². The van der Waals surface area contributed by atoms with E-state index in [0.29, 0.717) is 25.9 Å². The summed E-state index contributed by atoms with van der Waals surface area (Å²) in [4.78, 5) is 24.5. The van der Waals surface area contributed by atoms with E-state index in [-0.39, 0.29) is 18.5 Å². The highest BCUT2D eigenvalue weighted by molar-refractivity contribution is 5.76. The third-order valence-corrected chi connectivity index (χ3v) is 12.4. The minimum atomic E-state index is -0.688. The maximum atomic E-state index is 12.5. The predicted molar refractivity (Wildman–Crippen MR) is 269 cm³/mol. The maximum Gasteiger partial charge on any atom is 0.305 e. The lowest BCUT2D eigenvalue weighted by molar-refractivity contribution is -0.143. The van der Waals surface area contributed by atoms with Crippen molar-refractivity contribution in [3.8, 4) is 0 Å². The summed E-state index contributed by atoms with van der Waals surface area (Å²) in [6, 6.07) is -0.569. The number of esters is 1. The highest BCUT2D eigenvalue weighted by Crippen LogP contribution is 2.16. The summed E-state index contributed by atoms with van der Waals surface area (Å²) >= 11 is 0. The van der Waals surface area contributed by atoms with Gasteiger partial charge in [-0.1, -0.05) is 224 Å². The number of allylic oxidation sites excluding steroid dienone is 6. The number of hydrogen-bond donors (Lipinski definition) is 3. The number of rotatable bonds is 50. The van der Waals surface area contributed by atoms with Crippen molar-refractivity contribution in [2.24, 2.45) is 0 Å². The van der Waals surface area contributed by atoms with Crippen molar-refractivity contribution in [1.82, 2.24) is 5.32 Å². The van der Waals surface area contributed by atoms with E-state index >= 15 is 0 Å². The zero-order valence-electron chi connectivity index (χ0n) is 41.4. The highest BCUT2D eigenvalue weighted by Gasteiger charge is 2.20. The molecule has 0 aliphatic rings. The Labute approximate surface area is 385 Å². The molecule has 0 aromatic heterocycles. The molecule has 2 unspecified atom stereocenters. The summed E-state index contributed by atoms with van der Waals surface area (Å²) in [6.07, 6.45) is 62.7. The lowest BCUT2D eigenvalue weighted by Crippen LogP contribution is -2.45. The number of unbranched alkanes of at least 4 members (excludes halogenated alkanes) is 33. The molecule has 0 aliphatic carbocycles. The summed E-state index contributed by atoms with van der Waals surface area (Å²) in [7, 11) is 0. The predicted octanol–water partition coefficient (Wildman–Crippen LogP) is 16.5. The van der Waals surface area contributed by atoms with Gasteiger partial charge in [0, 0.05) is 12.8 Å². The van der Waals surface area contributed by atoms with Gasteiger partial charge in [-0.15, -0.1) is 0 Å². The average Bonchev–Trinajstić information content (AvgIpc) is 3.27. The fourth-order valence-corrected chi connectivity index (χ4v) is 8.19. The summed E-state index contributed by atoms with van der Waals surface area (Å²) in [5.74, 6) is -0.121. The molecule has 0 saturated heterocycles. The topological polar surface area (TPSA) is 95.9 Å². The summed E-state index contributed by atoms with van der Waals surface area (Å²) in [5, 5.41) is 23.3. The number of nitrogens with one attached hydrogen (secondary N) is 1. The Morgan fingerprint density at radius 3 is 1.27 bits per heavy atom. The van der Waals surface area contributed by atoms with Gasteiger partial charge < -0.3 is 20.3 Å². The van der Waals surface area contributed by atoms with Gasteiger partial charge in [-0.3, -0.25) is 9.59 Å². The van der Waals surface area contributed by atoms with Gasteiger partial charge in [-0.25, -0.2) is 0 Å². The van der Waals surface area contributed by atoms with Crippen LogP contribution in [0.4, 0.5) is 0 Å². The van der Waals surface area contributed by atoms with Crippen LogP contribution in [0.2, 0.25) is 0 Å². The molecule has 0 aromatic carbocycles. The number of aliphatic hydroxyl groups is 2. The van der Waals surface area contributed by atoms with Crippen molar-refractivity contribution >= 4 is 11.9 Å². The first kappa shape index (κ1) is 60.1. The molecule has 0 bridgehead atoms. The Morgan fingerprint density at radius 1 is 0.452 bits per heavy atom. The van der Waals surface area contributed by atoms with Gasteiger partial charge in [0.15, 0.2) is 0 Å². The second kappa shape index (κ2) is 51.7. The van der Waals surface area contributed by atoms with Crippen LogP contribution < -0.4 is 5.32 Å². The summed E-state index contributed by atoms with van der Waals surface area (Å²) in [5.41, 5.74) is 0. The van der Waals surface area contributed by atoms with Crippen LogP contribution in [0.3, 0.4) is 0 Å². The van der Waals surface area contributed by atoms with Gasteiger partial charge in [0.25, 0.3) is 0 Å². The van der Waals surface area contributed by atoms with E-state index in [0.717, 1.165) is 89.9 Å². The first-order valence-electron chi connectivity index (χ1n) is 27.2. The monoisotopic (exact) mass is 872 g/mol. The number of carbonyl (C=O) groups is 2. The second-order valence-electron chi connectivity index (χ2n) is 18.6. The van der Waals surface area contributed by atoms with Crippen molar-refractivity contribution in [3.63, 3.8) is 0 Å². The maximum absolute atomic E-state index is 12.5. The second-order valence-corrected chi connectivity index (χ2v) is 18.6. The summed E-state index contributed by atoms with van der Waals surface area (Å²) in [6.45, 7) is 4.84. The first-order chi connectivity index (χ1) is 30.5. The van der Waals surface area contributed by atoms with Crippen molar-refractivity contribution in [1.29, 1.82) is 0 Å². The standard InChI is InChI=1S/C56H105NO5/c1-3-5-7-9-11-13-15-17-19-20-21-22-23-25-26-28-32-36-40-44-48-54(59)53(52-58)57-55(60)49-45-41-37-33-30-31-35-39-43-47-51-62-56(61)50-46-42-38-34-29-27-24-18-16-14-12-10-8-6-4-2/h12,14,18,24,31,35,53-54,58-59H,3-11,13,15-17,19-23,25-30,32-34,36-52H2,1-2H3,(H,57,60)/b14-12-,24-18-,35-31-. The van der Waals surface area contributed by atoms with E-state index in [1.54, 1.807) is 0 Å². The molecule has 0 aromatic rings. The molecule has 0 heterocycles. The normalized spacial score (nSPS) is 12.9. The Bertz CT molecular complexity index is 1010. The minimum Gasteiger partial charge on any atom is -0.466 e. The highest BCUT2D eigenvalue weighted by atomic mass is 16.5. The number of ether oxygens (including phenoxy) is 1. The van der Waals surface area contributed by atoms with Crippen LogP contribution in [-0.2, 0) is 14.3 Å². The van der Waals surface area contributed by atoms with Crippen LogP contribution in [-0.4, -0.2) is 47.4 Å². The Morgan fingerprint density at radius 2 is 0.806 bits per heavy atom. The molecule has 1 amide bonds. The van der Waals surface area contributed by atoms with Crippen molar-refractivity contribution < 1.29 is 24.5 Å². The van der Waals surface area contributed by atoms with Crippen molar-refractivity contribution in [3.05, 3.63) is 36.5 Å². The lowest BCUT2D eigenvalue weighted by atomic mass is 10.0. The average molecular weight is 872 g/mol. The number of carbonyl (C=O) groups excluding carboxylic acids is 2. The van der Waals surface area contributed by atoms with Crippen molar-refractivity contribution in [2.75, 3.05) is 13.2 Å². The van der Waals surface area contributed by atoms with Crippen molar-refractivity contribution in [2.45, 2.75) is 296 Å². The Balaban J connectivity index is 3.53. The van der Waals surface area contributed by atoms with Crippen LogP contribution >= 0.6 is 0 Å². The van der Waals surface area contributed by atoms with Gasteiger partial charge in [0.05, 0.1) is 25.4 Å². The number of hydrogen-bond acceptors (Lipinski definition) is 5. The van der Waals surface area contributed by atoms with E-state index in [4.69, 9.17) is 4.74 Å². The van der Waals surface area contributed by atoms with E-state index in [2.05, 4.69) is 55.6 Å². The molecule has 0 saturated carbocycles. The quantitative estimate of drug-likeness (QED) is 0.0321. The SMILES string of the molecule is CCCCC/C=C\C/C=C\CCCCCCCC(=O)OCCCC/C=C\CCCCCCC(=O)NC(CO)C(O)CCCCCCCCCCCCCCCCCCCCCC. The Hall–Kier alpha value is -1.92. The largest absolute Gasteiger partial charge is 0.466 e. The molecule has 3 N–H and O–H groups in total. The van der Waals surface area contributed by atoms with Gasteiger partial charge in [0.1, 0.15) is 0 Å². The van der Waals surface area contributed by atoms with E-state index in [9.17, 15) is 19.8 Å². The molecular weight excluding hydrogens is 767 g/mol. The smallest absolute Gasteiger partial charge is 0.305 e. The first-order valence-corrected chi connectivity index (χ1v) is 27.2. The van der Waals surface area contributed by atoms with Crippen LogP contribution in [0.15, 0.2) is 36.5 Å². The van der Waals surface area contributed by atoms with E-state index in [1.165, 1.54) is 161 Å². The number of aliphatic hydroxyl groups excluding tert-OH is 2. The molecule has 0 rings (SSSR count). The van der Waals surface area contributed by atoms with Crippen LogP contribution in [0, 0.1) is 0 Å². The molecule has 0 aliphatic heterocycles. The fraction of sp³-hybridized carbons (Fsp3) is 0.857. The number of amides is 1. The van der Waals surface area contributed by atoms with Gasteiger partial charge in [0.2, 0.25) is 5.91 Å². The molecular formula is C56H105NO5. The minimum absolute atomic E-state index is 0.0502. The van der Waals surface area contributed by atoms with Crippen LogP contribution in [0.1, 0.15) is 284 Å². The molecule has 0 radical (unpaired) electrons. The third-order valence-electron chi connectivity index (χ3n) is 12.4.